The summed E-state index contributed by atoms with van der Waals surface area (Å²) in [7, 11) is 1.42. The van der Waals surface area contributed by atoms with Crippen molar-refractivity contribution in [2.75, 3.05) is 13.7 Å². The average Bonchev–Trinajstić information content (AvgIpc) is 3.16. The molecule has 1 unspecified atom stereocenters. The lowest BCUT2D eigenvalue weighted by atomic mass is 9.43. The molecule has 0 aromatic heterocycles. The van der Waals surface area contributed by atoms with Crippen LogP contribution in [0.2, 0.25) is 0 Å². The first-order valence-corrected chi connectivity index (χ1v) is 13.5. The maximum Gasteiger partial charge on any atom is 0.308 e. The van der Waals surface area contributed by atoms with Gasteiger partial charge in [-0.2, -0.15) is 0 Å². The third kappa shape index (κ3) is 4.02. The highest BCUT2D eigenvalue weighted by atomic mass is 16.5. The molecular weight excluding hydrogens is 432 g/mol. The molecule has 0 spiro atoms. The topological polar surface area (TPSA) is 89.9 Å². The smallest absolute Gasteiger partial charge is 0.308 e. The Morgan fingerprint density at radius 2 is 1.88 bits per heavy atom. The quantitative estimate of drug-likeness (QED) is 0.565. The van der Waals surface area contributed by atoms with Gasteiger partial charge < -0.3 is 14.6 Å². The van der Waals surface area contributed by atoms with Crippen LogP contribution in [-0.4, -0.2) is 42.6 Å². The molecular formula is C28H44O6. The number of aliphatic hydroxyl groups is 1. The number of esters is 2. The number of carbonyl (C=O) groups excluding carboxylic acids is 3. The van der Waals surface area contributed by atoms with Crippen LogP contribution in [0.5, 0.6) is 0 Å². The Labute approximate surface area is 204 Å². The van der Waals surface area contributed by atoms with Crippen molar-refractivity contribution < 1.29 is 29.0 Å². The molecule has 0 amide bonds. The Morgan fingerprint density at radius 3 is 2.56 bits per heavy atom. The highest BCUT2D eigenvalue weighted by Crippen LogP contribution is 2.68. The first-order chi connectivity index (χ1) is 16.1. The molecule has 10 atom stereocenters. The van der Waals surface area contributed by atoms with Gasteiger partial charge in [0.05, 0.1) is 25.7 Å². The predicted octanol–water partition coefficient (Wildman–Crippen LogP) is 4.56. The lowest BCUT2D eigenvalue weighted by molar-refractivity contribution is -0.183. The summed E-state index contributed by atoms with van der Waals surface area (Å²) in [6.45, 7) is 8.96. The van der Waals surface area contributed by atoms with Crippen molar-refractivity contribution >= 4 is 17.7 Å². The summed E-state index contributed by atoms with van der Waals surface area (Å²) in [5, 5.41) is 11.6. The van der Waals surface area contributed by atoms with E-state index in [-0.39, 0.29) is 52.4 Å². The second kappa shape index (κ2) is 9.55. The summed E-state index contributed by atoms with van der Waals surface area (Å²) in [6, 6.07) is 0. The average molecular weight is 477 g/mol. The van der Waals surface area contributed by atoms with Gasteiger partial charge in [-0.1, -0.05) is 20.8 Å². The van der Waals surface area contributed by atoms with Gasteiger partial charge in [-0.25, -0.2) is 0 Å². The van der Waals surface area contributed by atoms with Gasteiger partial charge in [-0.05, 0) is 86.9 Å². The van der Waals surface area contributed by atoms with Gasteiger partial charge in [0.2, 0.25) is 0 Å². The molecule has 4 aliphatic rings. The van der Waals surface area contributed by atoms with Crippen LogP contribution >= 0.6 is 0 Å². The zero-order valence-electron chi connectivity index (χ0n) is 21.7. The minimum atomic E-state index is -0.446. The Balaban J connectivity index is 1.54. The Morgan fingerprint density at radius 1 is 1.15 bits per heavy atom. The number of aliphatic hydroxyl groups excluding tert-OH is 1. The lowest BCUT2D eigenvalue weighted by Gasteiger charge is -2.61. The number of Topliss-reactive ketones (excluding diaryl/α,β-unsaturated/α-hetero) is 1. The first kappa shape index (κ1) is 25.7. The number of fused-ring (bicyclic) bond motifs is 5. The molecule has 4 fully saturated rings. The second-order valence-corrected chi connectivity index (χ2v) is 12.2. The van der Waals surface area contributed by atoms with Crippen molar-refractivity contribution in [3.8, 4) is 0 Å². The molecule has 192 valence electrons. The van der Waals surface area contributed by atoms with Crippen molar-refractivity contribution in [2.24, 2.45) is 52.3 Å². The highest BCUT2D eigenvalue weighted by molar-refractivity contribution is 5.84. The molecule has 6 nitrogen and oxygen atoms in total. The zero-order valence-corrected chi connectivity index (χ0v) is 21.7. The van der Waals surface area contributed by atoms with Crippen molar-refractivity contribution in [3.05, 3.63) is 0 Å². The van der Waals surface area contributed by atoms with Crippen molar-refractivity contribution in [1.82, 2.24) is 0 Å². The molecule has 1 N–H and O–H groups in total. The molecule has 0 saturated heterocycles. The molecule has 4 rings (SSSR count). The summed E-state index contributed by atoms with van der Waals surface area (Å²) in [5.74, 6) is 1.11. The third-order valence-corrected chi connectivity index (χ3v) is 11.0. The first-order valence-electron chi connectivity index (χ1n) is 13.5. The van der Waals surface area contributed by atoms with Gasteiger partial charge >= 0.3 is 11.9 Å². The SMILES string of the molecule is CCOC(=O)[C@@H]1CC[C@@]2(C)C(CC(=O)[C@H]3[C@@H]4CC[C@H]([C@H](C)CCC(=O)OC)[C@@]4(C)[C@@H](O)C[C@@H]32)C1. The van der Waals surface area contributed by atoms with Gasteiger partial charge in [0.1, 0.15) is 5.78 Å². The zero-order chi connectivity index (χ0) is 24.8. The van der Waals surface area contributed by atoms with Gasteiger partial charge in [0.25, 0.3) is 0 Å². The fraction of sp³-hybridized carbons (Fsp3) is 0.893. The van der Waals surface area contributed by atoms with E-state index in [1.165, 1.54) is 7.11 Å². The number of ketones is 1. The molecule has 4 saturated carbocycles. The summed E-state index contributed by atoms with van der Waals surface area (Å²) >= 11 is 0. The van der Waals surface area contributed by atoms with Crippen LogP contribution in [0, 0.1) is 52.3 Å². The van der Waals surface area contributed by atoms with E-state index in [4.69, 9.17) is 9.47 Å². The van der Waals surface area contributed by atoms with E-state index in [1.807, 2.05) is 6.92 Å². The van der Waals surface area contributed by atoms with Crippen LogP contribution in [0.3, 0.4) is 0 Å². The van der Waals surface area contributed by atoms with E-state index >= 15 is 0 Å². The lowest BCUT2D eigenvalue weighted by Crippen LogP contribution is -2.61. The summed E-state index contributed by atoms with van der Waals surface area (Å²) < 4.78 is 10.1. The van der Waals surface area contributed by atoms with E-state index in [9.17, 15) is 19.5 Å². The number of methoxy groups -OCH3 is 1. The molecule has 0 aromatic carbocycles. The maximum absolute atomic E-state index is 13.7. The van der Waals surface area contributed by atoms with Gasteiger partial charge in [0, 0.05) is 24.2 Å². The van der Waals surface area contributed by atoms with Gasteiger partial charge in [-0.3, -0.25) is 14.4 Å². The Bertz CT molecular complexity index is 809. The maximum atomic E-state index is 13.7. The molecule has 0 aliphatic heterocycles. The van der Waals surface area contributed by atoms with Gasteiger partial charge in [0.15, 0.2) is 0 Å². The highest BCUT2D eigenvalue weighted by Gasteiger charge is 2.66. The van der Waals surface area contributed by atoms with Gasteiger partial charge in [-0.15, -0.1) is 0 Å². The van der Waals surface area contributed by atoms with Crippen LogP contribution in [0.4, 0.5) is 0 Å². The number of rotatable bonds is 6. The summed E-state index contributed by atoms with van der Waals surface area (Å²) in [4.78, 5) is 37.8. The van der Waals surface area contributed by atoms with Crippen LogP contribution in [0.25, 0.3) is 0 Å². The Hall–Kier alpha value is -1.43. The van der Waals surface area contributed by atoms with E-state index in [0.717, 1.165) is 38.5 Å². The van der Waals surface area contributed by atoms with Crippen LogP contribution in [0.1, 0.15) is 85.5 Å². The van der Waals surface area contributed by atoms with Crippen molar-refractivity contribution in [3.63, 3.8) is 0 Å². The van der Waals surface area contributed by atoms with Crippen molar-refractivity contribution in [1.29, 1.82) is 0 Å². The largest absolute Gasteiger partial charge is 0.469 e. The minimum Gasteiger partial charge on any atom is -0.469 e. The van der Waals surface area contributed by atoms with E-state index < -0.39 is 6.10 Å². The predicted molar refractivity (Wildman–Crippen MR) is 128 cm³/mol. The van der Waals surface area contributed by atoms with E-state index in [2.05, 4.69) is 20.8 Å². The number of carbonyl (C=O) groups is 3. The monoisotopic (exact) mass is 476 g/mol. The summed E-state index contributed by atoms with van der Waals surface area (Å²) in [6.07, 6.45) is 6.37. The molecule has 0 bridgehead atoms. The fourth-order valence-corrected chi connectivity index (χ4v) is 8.99. The molecule has 4 aliphatic carbocycles. The number of hydrogen-bond donors (Lipinski definition) is 1. The Kier molecular flexibility index (Phi) is 7.21. The van der Waals surface area contributed by atoms with E-state index in [0.29, 0.717) is 43.5 Å². The molecule has 0 aromatic rings. The van der Waals surface area contributed by atoms with Crippen LogP contribution in [0.15, 0.2) is 0 Å². The van der Waals surface area contributed by atoms with E-state index in [1.54, 1.807) is 0 Å². The second-order valence-electron chi connectivity index (χ2n) is 12.2. The third-order valence-electron chi connectivity index (χ3n) is 11.0. The molecule has 0 heterocycles. The standard InChI is InChI=1S/C28H44O6/c1-6-34-26(32)17-11-12-27(3)18(13-17)14-22(29)25-20-9-8-19(16(2)7-10-24(31)33-5)28(20,4)23(30)15-21(25)27/h16-21,23,25,30H,6-15H2,1-5H3/t16-,17-,18?,19-,20+,21+,23+,25+,27+,28-/m1/s1. The molecule has 0 radical (unpaired) electrons. The van der Waals surface area contributed by atoms with Crippen LogP contribution < -0.4 is 0 Å². The normalized spacial score (nSPS) is 44.4. The minimum absolute atomic E-state index is 0.00611. The van der Waals surface area contributed by atoms with Crippen LogP contribution in [-0.2, 0) is 23.9 Å². The molecule has 6 heteroatoms. The fourth-order valence-electron chi connectivity index (χ4n) is 8.99. The molecule has 34 heavy (non-hydrogen) atoms. The number of ether oxygens (including phenoxy) is 2. The van der Waals surface area contributed by atoms with Crippen molar-refractivity contribution in [2.45, 2.75) is 91.6 Å². The summed E-state index contributed by atoms with van der Waals surface area (Å²) in [5.41, 5.74) is -0.309. The number of hydrogen-bond acceptors (Lipinski definition) is 6.